The molecule has 0 aromatic carbocycles. The van der Waals surface area contributed by atoms with Gasteiger partial charge in [0.15, 0.2) is 0 Å². The van der Waals surface area contributed by atoms with Crippen molar-refractivity contribution in [3.05, 3.63) is 12.2 Å². The van der Waals surface area contributed by atoms with E-state index in [9.17, 15) is 0 Å². The third-order valence-corrected chi connectivity index (χ3v) is 1.56. The first-order valence-electron chi connectivity index (χ1n) is 4.63. The molecule has 0 aliphatic rings. The van der Waals surface area contributed by atoms with Gasteiger partial charge in [-0.05, 0) is 12.8 Å². The van der Waals surface area contributed by atoms with Crippen LogP contribution < -0.4 is 0 Å². The van der Waals surface area contributed by atoms with Crippen LogP contribution >= 0.6 is 0 Å². The predicted octanol–water partition coefficient (Wildman–Crippen LogP) is 2.51. The van der Waals surface area contributed by atoms with E-state index in [1.54, 1.807) is 0 Å². The van der Waals surface area contributed by atoms with Crippen LogP contribution in [0.15, 0.2) is 12.2 Å². The van der Waals surface area contributed by atoms with E-state index in [4.69, 9.17) is 5.11 Å². The summed E-state index contributed by atoms with van der Waals surface area (Å²) in [5.74, 6) is 5.44. The van der Waals surface area contributed by atoms with E-state index in [2.05, 4.69) is 30.9 Å². The summed E-state index contributed by atoms with van der Waals surface area (Å²) in [5, 5.41) is 8.34. The lowest BCUT2D eigenvalue weighted by Crippen LogP contribution is -1.72. The van der Waals surface area contributed by atoms with Crippen molar-refractivity contribution < 1.29 is 5.11 Å². The molecular weight excluding hydrogens is 148 g/mol. The first-order valence-corrected chi connectivity index (χ1v) is 4.63. The van der Waals surface area contributed by atoms with Crippen molar-refractivity contribution >= 4 is 0 Å². The maximum Gasteiger partial charge on any atom is 0.104 e. The molecule has 0 spiro atoms. The van der Waals surface area contributed by atoms with Gasteiger partial charge in [-0.2, -0.15) is 0 Å². The van der Waals surface area contributed by atoms with Gasteiger partial charge in [0.25, 0.3) is 0 Å². The summed E-state index contributed by atoms with van der Waals surface area (Å²) in [7, 11) is 0. The molecule has 1 heteroatoms. The Kier molecular flexibility index (Phi) is 9.63. The maximum absolute atomic E-state index is 8.34. The zero-order valence-electron chi connectivity index (χ0n) is 7.84. The SMILES string of the molecule is CCCCC/C=C/CC#CCO. The molecule has 0 aliphatic heterocycles. The number of aliphatic hydroxyl groups is 1. The third kappa shape index (κ3) is 9.26. The summed E-state index contributed by atoms with van der Waals surface area (Å²) in [4.78, 5) is 0. The highest BCUT2D eigenvalue weighted by molar-refractivity contribution is 5.04. The van der Waals surface area contributed by atoms with Crippen molar-refractivity contribution in [1.29, 1.82) is 0 Å². The fourth-order valence-corrected chi connectivity index (χ4v) is 0.900. The Morgan fingerprint density at radius 1 is 1.17 bits per heavy atom. The smallest absolute Gasteiger partial charge is 0.104 e. The van der Waals surface area contributed by atoms with Gasteiger partial charge in [0.1, 0.15) is 6.61 Å². The van der Waals surface area contributed by atoms with Gasteiger partial charge < -0.3 is 5.11 Å². The lowest BCUT2D eigenvalue weighted by atomic mass is 10.2. The minimum absolute atomic E-state index is 0.0241. The summed E-state index contributed by atoms with van der Waals surface area (Å²) in [6.45, 7) is 2.18. The molecule has 0 aromatic rings. The highest BCUT2D eigenvalue weighted by Crippen LogP contribution is 1.99. The van der Waals surface area contributed by atoms with Crippen LogP contribution in [0.2, 0.25) is 0 Å². The molecule has 0 saturated carbocycles. The number of allylic oxidation sites excluding steroid dienone is 2. The zero-order valence-corrected chi connectivity index (χ0v) is 7.84. The molecule has 0 unspecified atom stereocenters. The van der Waals surface area contributed by atoms with Crippen molar-refractivity contribution in [2.75, 3.05) is 6.61 Å². The van der Waals surface area contributed by atoms with Gasteiger partial charge in [-0.3, -0.25) is 0 Å². The van der Waals surface area contributed by atoms with Gasteiger partial charge in [-0.1, -0.05) is 43.8 Å². The van der Waals surface area contributed by atoms with Crippen molar-refractivity contribution in [3.8, 4) is 11.8 Å². The van der Waals surface area contributed by atoms with E-state index in [1.807, 2.05) is 0 Å². The standard InChI is InChI=1S/C11H18O/c1-2-3-4-5-6-7-8-9-10-11-12/h6-7,12H,2-5,8,11H2,1H3/b7-6+. The molecule has 0 heterocycles. The van der Waals surface area contributed by atoms with Gasteiger partial charge >= 0.3 is 0 Å². The van der Waals surface area contributed by atoms with Crippen molar-refractivity contribution in [2.45, 2.75) is 39.0 Å². The Morgan fingerprint density at radius 3 is 2.67 bits per heavy atom. The van der Waals surface area contributed by atoms with E-state index in [-0.39, 0.29) is 6.61 Å². The van der Waals surface area contributed by atoms with Crippen LogP contribution in [-0.2, 0) is 0 Å². The molecule has 0 saturated heterocycles. The molecule has 0 atom stereocenters. The highest BCUT2D eigenvalue weighted by atomic mass is 16.2. The second-order valence-electron chi connectivity index (χ2n) is 2.68. The van der Waals surface area contributed by atoms with Gasteiger partial charge in [0.05, 0.1) is 0 Å². The first kappa shape index (κ1) is 11.3. The first-order chi connectivity index (χ1) is 5.91. The molecule has 0 radical (unpaired) electrons. The highest BCUT2D eigenvalue weighted by Gasteiger charge is 1.80. The van der Waals surface area contributed by atoms with Crippen molar-refractivity contribution in [3.63, 3.8) is 0 Å². The van der Waals surface area contributed by atoms with E-state index in [0.717, 1.165) is 12.8 Å². The monoisotopic (exact) mass is 166 g/mol. The van der Waals surface area contributed by atoms with Crippen LogP contribution in [0.5, 0.6) is 0 Å². The van der Waals surface area contributed by atoms with Gasteiger partial charge in [-0.25, -0.2) is 0 Å². The van der Waals surface area contributed by atoms with Crippen LogP contribution in [-0.4, -0.2) is 11.7 Å². The minimum atomic E-state index is -0.0241. The van der Waals surface area contributed by atoms with E-state index in [1.165, 1.54) is 19.3 Å². The Balaban J connectivity index is 3.14. The normalized spacial score (nSPS) is 9.83. The fourth-order valence-electron chi connectivity index (χ4n) is 0.900. The zero-order chi connectivity index (χ0) is 9.07. The number of unbranched alkanes of at least 4 members (excludes halogenated alkanes) is 3. The van der Waals surface area contributed by atoms with E-state index in [0.29, 0.717) is 0 Å². The summed E-state index contributed by atoms with van der Waals surface area (Å²) >= 11 is 0. The van der Waals surface area contributed by atoms with Crippen LogP contribution in [0.4, 0.5) is 0 Å². The van der Waals surface area contributed by atoms with Gasteiger partial charge in [0.2, 0.25) is 0 Å². The van der Waals surface area contributed by atoms with Crippen LogP contribution in [0.1, 0.15) is 39.0 Å². The van der Waals surface area contributed by atoms with Crippen LogP contribution in [0.3, 0.4) is 0 Å². The summed E-state index contributed by atoms with van der Waals surface area (Å²) in [6.07, 6.45) is 10.0. The molecule has 0 bridgehead atoms. The third-order valence-electron chi connectivity index (χ3n) is 1.56. The number of rotatable bonds is 5. The molecule has 0 fully saturated rings. The Hall–Kier alpha value is -0.740. The molecule has 1 N–H and O–H groups in total. The molecule has 0 aliphatic carbocycles. The van der Waals surface area contributed by atoms with Gasteiger partial charge in [0, 0.05) is 6.42 Å². The maximum atomic E-state index is 8.34. The number of hydrogen-bond donors (Lipinski definition) is 1. The largest absolute Gasteiger partial charge is 0.384 e. The summed E-state index contributed by atoms with van der Waals surface area (Å²) in [6, 6.07) is 0. The van der Waals surface area contributed by atoms with Crippen molar-refractivity contribution in [2.24, 2.45) is 0 Å². The summed E-state index contributed by atoms with van der Waals surface area (Å²) < 4.78 is 0. The molecule has 0 rings (SSSR count). The van der Waals surface area contributed by atoms with Gasteiger partial charge in [-0.15, -0.1) is 0 Å². The van der Waals surface area contributed by atoms with E-state index < -0.39 is 0 Å². The van der Waals surface area contributed by atoms with Crippen LogP contribution in [0, 0.1) is 11.8 Å². The molecule has 0 aromatic heterocycles. The Morgan fingerprint density at radius 2 is 2.00 bits per heavy atom. The quantitative estimate of drug-likeness (QED) is 0.378. The lowest BCUT2D eigenvalue weighted by molar-refractivity contribution is 0.350. The molecule has 0 amide bonds. The topological polar surface area (TPSA) is 20.2 Å². The number of aliphatic hydroxyl groups excluding tert-OH is 1. The van der Waals surface area contributed by atoms with Crippen LogP contribution in [0.25, 0.3) is 0 Å². The molecule has 12 heavy (non-hydrogen) atoms. The Labute approximate surface area is 75.5 Å². The molecule has 68 valence electrons. The minimum Gasteiger partial charge on any atom is -0.384 e. The molecule has 1 nitrogen and oxygen atoms in total. The second kappa shape index (κ2) is 10.3. The summed E-state index contributed by atoms with van der Waals surface area (Å²) in [5.41, 5.74) is 0. The van der Waals surface area contributed by atoms with E-state index >= 15 is 0 Å². The average molecular weight is 166 g/mol. The Bertz CT molecular complexity index is 160. The lowest BCUT2D eigenvalue weighted by Gasteiger charge is -1.89. The second-order valence-corrected chi connectivity index (χ2v) is 2.68. The predicted molar refractivity (Wildman–Crippen MR) is 52.8 cm³/mol. The van der Waals surface area contributed by atoms with Crippen molar-refractivity contribution in [1.82, 2.24) is 0 Å². The molecular formula is C11H18O. The average Bonchev–Trinajstić information content (AvgIpc) is 2.10. The fraction of sp³-hybridized carbons (Fsp3) is 0.636. The number of hydrogen-bond acceptors (Lipinski definition) is 1.